The molecule has 1 N–H and O–H groups in total. The number of nitrogens with one attached hydrogen (secondary N) is 1. The largest absolute Gasteiger partial charge is 0.497 e. The van der Waals surface area contributed by atoms with Crippen molar-refractivity contribution in [2.75, 3.05) is 7.11 Å². The first-order valence-corrected chi connectivity index (χ1v) is 7.97. The molecular weight excluding hydrogens is 246 g/mol. The van der Waals surface area contributed by atoms with Crippen LogP contribution in [0.25, 0.3) is 0 Å². The molecule has 112 valence electrons. The van der Waals surface area contributed by atoms with Gasteiger partial charge in [-0.3, -0.25) is 0 Å². The SMILES string of the molecule is CCC(NC1CCCCC1(C)C)c1ccc(OC)cc1. The molecule has 1 aromatic rings. The van der Waals surface area contributed by atoms with Crippen molar-refractivity contribution < 1.29 is 4.74 Å². The van der Waals surface area contributed by atoms with E-state index >= 15 is 0 Å². The van der Waals surface area contributed by atoms with E-state index in [0.29, 0.717) is 17.5 Å². The summed E-state index contributed by atoms with van der Waals surface area (Å²) in [5, 5.41) is 3.91. The van der Waals surface area contributed by atoms with Gasteiger partial charge in [-0.25, -0.2) is 0 Å². The smallest absolute Gasteiger partial charge is 0.118 e. The van der Waals surface area contributed by atoms with Crippen LogP contribution in [0.3, 0.4) is 0 Å². The minimum Gasteiger partial charge on any atom is -0.497 e. The second-order valence-corrected chi connectivity index (χ2v) is 6.69. The van der Waals surface area contributed by atoms with E-state index in [1.807, 2.05) is 0 Å². The van der Waals surface area contributed by atoms with Crippen molar-refractivity contribution in [2.24, 2.45) is 5.41 Å². The Morgan fingerprint density at radius 3 is 2.50 bits per heavy atom. The van der Waals surface area contributed by atoms with Crippen LogP contribution in [-0.2, 0) is 0 Å². The fraction of sp³-hybridized carbons (Fsp3) is 0.667. The minimum absolute atomic E-state index is 0.415. The summed E-state index contributed by atoms with van der Waals surface area (Å²) in [6.45, 7) is 7.08. The lowest BCUT2D eigenvalue weighted by Crippen LogP contribution is -2.45. The molecule has 0 spiro atoms. The molecule has 1 aromatic carbocycles. The van der Waals surface area contributed by atoms with Crippen LogP contribution in [0.2, 0.25) is 0 Å². The highest BCUT2D eigenvalue weighted by molar-refractivity contribution is 5.29. The first-order chi connectivity index (χ1) is 9.56. The molecule has 1 aliphatic carbocycles. The highest BCUT2D eigenvalue weighted by Gasteiger charge is 2.33. The molecule has 20 heavy (non-hydrogen) atoms. The van der Waals surface area contributed by atoms with Gasteiger partial charge in [-0.05, 0) is 42.4 Å². The summed E-state index contributed by atoms with van der Waals surface area (Å²) in [5.41, 5.74) is 1.78. The van der Waals surface area contributed by atoms with E-state index in [2.05, 4.69) is 50.4 Å². The molecule has 1 aliphatic rings. The number of rotatable bonds is 5. The number of hydrogen-bond acceptors (Lipinski definition) is 2. The highest BCUT2D eigenvalue weighted by atomic mass is 16.5. The van der Waals surface area contributed by atoms with E-state index in [9.17, 15) is 0 Å². The molecule has 0 bridgehead atoms. The fourth-order valence-electron chi connectivity index (χ4n) is 3.33. The number of benzene rings is 1. The maximum Gasteiger partial charge on any atom is 0.118 e. The average Bonchev–Trinajstić information content (AvgIpc) is 2.46. The maximum atomic E-state index is 5.25. The third-order valence-electron chi connectivity index (χ3n) is 4.84. The van der Waals surface area contributed by atoms with Crippen LogP contribution >= 0.6 is 0 Å². The first-order valence-electron chi connectivity index (χ1n) is 7.97. The van der Waals surface area contributed by atoms with Crippen LogP contribution in [0.1, 0.15) is 64.5 Å². The minimum atomic E-state index is 0.415. The second-order valence-electron chi connectivity index (χ2n) is 6.69. The van der Waals surface area contributed by atoms with Crippen molar-refractivity contribution in [1.29, 1.82) is 0 Å². The van der Waals surface area contributed by atoms with Crippen LogP contribution in [-0.4, -0.2) is 13.2 Å². The fourth-order valence-corrected chi connectivity index (χ4v) is 3.33. The van der Waals surface area contributed by atoms with Crippen LogP contribution in [0.15, 0.2) is 24.3 Å². The molecule has 0 aliphatic heterocycles. The zero-order valence-corrected chi connectivity index (χ0v) is 13.4. The summed E-state index contributed by atoms with van der Waals surface area (Å²) in [7, 11) is 1.72. The van der Waals surface area contributed by atoms with E-state index in [0.717, 1.165) is 12.2 Å². The molecular formula is C18H29NO. The van der Waals surface area contributed by atoms with Crippen molar-refractivity contribution in [2.45, 2.75) is 65.0 Å². The summed E-state index contributed by atoms with van der Waals surface area (Å²) < 4.78 is 5.25. The van der Waals surface area contributed by atoms with E-state index in [-0.39, 0.29) is 0 Å². The lowest BCUT2D eigenvalue weighted by atomic mass is 9.73. The maximum absolute atomic E-state index is 5.25. The number of methoxy groups -OCH3 is 1. The zero-order chi connectivity index (χ0) is 14.6. The van der Waals surface area contributed by atoms with Crippen LogP contribution in [0.5, 0.6) is 5.75 Å². The Bertz CT molecular complexity index is 410. The predicted molar refractivity (Wildman–Crippen MR) is 85.2 cm³/mol. The molecule has 0 aromatic heterocycles. The van der Waals surface area contributed by atoms with Crippen molar-refractivity contribution in [3.05, 3.63) is 29.8 Å². The van der Waals surface area contributed by atoms with Gasteiger partial charge in [0.1, 0.15) is 5.75 Å². The van der Waals surface area contributed by atoms with Crippen molar-refractivity contribution in [3.63, 3.8) is 0 Å². The quantitative estimate of drug-likeness (QED) is 0.840. The standard InChI is InChI=1S/C18H29NO/c1-5-16(14-9-11-15(20-4)12-10-14)19-17-8-6-7-13-18(17,2)3/h9-12,16-17,19H,5-8,13H2,1-4H3. The molecule has 0 saturated heterocycles. The lowest BCUT2D eigenvalue weighted by Gasteiger charge is -2.41. The van der Waals surface area contributed by atoms with Gasteiger partial charge >= 0.3 is 0 Å². The molecule has 2 rings (SSSR count). The Balaban J connectivity index is 2.07. The van der Waals surface area contributed by atoms with Gasteiger partial charge in [0.2, 0.25) is 0 Å². The average molecular weight is 275 g/mol. The summed E-state index contributed by atoms with van der Waals surface area (Å²) in [6.07, 6.45) is 6.51. The molecule has 2 nitrogen and oxygen atoms in total. The van der Waals surface area contributed by atoms with Crippen LogP contribution in [0.4, 0.5) is 0 Å². The highest BCUT2D eigenvalue weighted by Crippen LogP contribution is 2.37. The van der Waals surface area contributed by atoms with E-state index < -0.39 is 0 Å². The van der Waals surface area contributed by atoms with Gasteiger partial charge in [-0.1, -0.05) is 45.7 Å². The normalized spacial score (nSPS) is 23.3. The van der Waals surface area contributed by atoms with E-state index in [1.165, 1.54) is 31.2 Å². The Hall–Kier alpha value is -1.02. The zero-order valence-electron chi connectivity index (χ0n) is 13.4. The second kappa shape index (κ2) is 6.62. The molecule has 0 radical (unpaired) electrons. The Morgan fingerprint density at radius 1 is 1.25 bits per heavy atom. The molecule has 2 heteroatoms. The molecule has 2 atom stereocenters. The van der Waals surface area contributed by atoms with Gasteiger partial charge in [-0.15, -0.1) is 0 Å². The van der Waals surface area contributed by atoms with Crippen molar-refractivity contribution in [3.8, 4) is 5.75 Å². The van der Waals surface area contributed by atoms with Gasteiger partial charge in [0, 0.05) is 12.1 Å². The summed E-state index contributed by atoms with van der Waals surface area (Å²) in [5.74, 6) is 0.932. The van der Waals surface area contributed by atoms with Crippen molar-refractivity contribution in [1.82, 2.24) is 5.32 Å². The van der Waals surface area contributed by atoms with Crippen LogP contribution < -0.4 is 10.1 Å². The summed E-state index contributed by atoms with van der Waals surface area (Å²) in [6, 6.07) is 9.58. The molecule has 1 fully saturated rings. The third-order valence-corrected chi connectivity index (χ3v) is 4.84. The molecule has 0 amide bonds. The van der Waals surface area contributed by atoms with E-state index in [1.54, 1.807) is 7.11 Å². The van der Waals surface area contributed by atoms with E-state index in [4.69, 9.17) is 4.74 Å². The van der Waals surface area contributed by atoms with Gasteiger partial charge in [0.05, 0.1) is 7.11 Å². The Morgan fingerprint density at radius 2 is 1.95 bits per heavy atom. The monoisotopic (exact) mass is 275 g/mol. The van der Waals surface area contributed by atoms with Gasteiger partial charge < -0.3 is 10.1 Å². The third kappa shape index (κ3) is 3.54. The molecule has 0 heterocycles. The predicted octanol–water partition coefficient (Wildman–Crippen LogP) is 4.70. The molecule has 1 saturated carbocycles. The topological polar surface area (TPSA) is 21.3 Å². The Labute approximate surface area is 123 Å². The first kappa shape index (κ1) is 15.4. The number of hydrogen-bond donors (Lipinski definition) is 1. The van der Waals surface area contributed by atoms with Crippen LogP contribution in [0, 0.1) is 5.41 Å². The number of ether oxygens (including phenoxy) is 1. The van der Waals surface area contributed by atoms with Gasteiger partial charge in [-0.2, -0.15) is 0 Å². The summed E-state index contributed by atoms with van der Waals surface area (Å²) in [4.78, 5) is 0. The van der Waals surface area contributed by atoms with Crippen molar-refractivity contribution >= 4 is 0 Å². The Kier molecular flexibility index (Phi) is 5.09. The lowest BCUT2D eigenvalue weighted by molar-refractivity contribution is 0.154. The summed E-state index contributed by atoms with van der Waals surface area (Å²) >= 11 is 0. The molecule has 2 unspecified atom stereocenters. The van der Waals surface area contributed by atoms with Gasteiger partial charge in [0.15, 0.2) is 0 Å². The van der Waals surface area contributed by atoms with Gasteiger partial charge in [0.25, 0.3) is 0 Å².